The predicted molar refractivity (Wildman–Crippen MR) is 97.8 cm³/mol. The average Bonchev–Trinajstić information content (AvgIpc) is 2.72. The molecule has 0 spiro atoms. The highest BCUT2D eigenvalue weighted by Crippen LogP contribution is 2.49. The Morgan fingerprint density at radius 1 is 0.952 bits per heavy atom. The summed E-state index contributed by atoms with van der Waals surface area (Å²) >= 11 is 0. The first kappa shape index (κ1) is 16.6. The minimum absolute atomic E-state index is 0.0964. The van der Waals surface area contributed by atoms with Gasteiger partial charge in [-0.05, 0) is 33.9 Å². The molecule has 114 valence electrons. The second kappa shape index (κ2) is 5.44. The molecule has 0 bridgehead atoms. The second-order valence-electron chi connectivity index (χ2n) is 7.55. The van der Waals surface area contributed by atoms with Crippen LogP contribution in [0.15, 0.2) is 29.0 Å². The fourth-order valence-corrected chi connectivity index (χ4v) is 4.33. The van der Waals surface area contributed by atoms with Gasteiger partial charge in [-0.1, -0.05) is 69.7 Å². The lowest BCUT2D eigenvalue weighted by atomic mass is 9.78. The molecule has 2 rings (SSSR count). The van der Waals surface area contributed by atoms with E-state index < -0.39 is 0 Å². The summed E-state index contributed by atoms with van der Waals surface area (Å²) in [6.45, 7) is 17.0. The molecule has 21 heavy (non-hydrogen) atoms. The van der Waals surface area contributed by atoms with Crippen LogP contribution in [0.4, 0.5) is 0 Å². The van der Waals surface area contributed by atoms with E-state index in [0.717, 1.165) is 21.6 Å². The predicted octanol–water partition coefficient (Wildman–Crippen LogP) is 6.24. The van der Waals surface area contributed by atoms with E-state index in [-0.39, 0.29) is 10.8 Å². The van der Waals surface area contributed by atoms with Gasteiger partial charge >= 0.3 is 0 Å². The molecule has 0 fully saturated rings. The molecule has 3 heteroatoms. The van der Waals surface area contributed by atoms with Gasteiger partial charge in [-0.15, -0.1) is 0 Å². The zero-order valence-corrected chi connectivity index (χ0v) is 15.3. The highest BCUT2D eigenvalue weighted by molar-refractivity contribution is 8.80. The summed E-state index contributed by atoms with van der Waals surface area (Å²) in [7, 11) is 3.41. The van der Waals surface area contributed by atoms with Gasteiger partial charge in [0.25, 0.3) is 0 Å². The zero-order chi connectivity index (χ0) is 16.0. The Morgan fingerprint density at radius 2 is 1.43 bits per heavy atom. The molecule has 1 nitrogen and oxygen atoms in total. The minimum Gasteiger partial charge on any atom is -0.507 e. The van der Waals surface area contributed by atoms with E-state index in [1.165, 1.54) is 5.57 Å². The first-order chi connectivity index (χ1) is 9.51. The molecule has 1 heterocycles. The average molecular weight is 321 g/mol. The fraction of sp³-hybridized carbons (Fsp3) is 0.444. The van der Waals surface area contributed by atoms with Crippen molar-refractivity contribution in [3.05, 3.63) is 45.7 Å². The largest absolute Gasteiger partial charge is 0.507 e. The maximum Gasteiger partial charge on any atom is 0.123 e. The number of benzene rings is 1. The van der Waals surface area contributed by atoms with E-state index >= 15 is 0 Å². The van der Waals surface area contributed by atoms with Crippen molar-refractivity contribution >= 4 is 27.2 Å². The number of hydrogen-bond acceptors (Lipinski definition) is 3. The van der Waals surface area contributed by atoms with Crippen molar-refractivity contribution in [2.75, 3.05) is 0 Å². The molecule has 0 atom stereocenters. The van der Waals surface area contributed by atoms with E-state index in [1.807, 2.05) is 0 Å². The van der Waals surface area contributed by atoms with Crippen LogP contribution in [0.5, 0.6) is 5.75 Å². The van der Waals surface area contributed by atoms with Gasteiger partial charge in [-0.3, -0.25) is 0 Å². The number of aromatic hydroxyl groups is 1. The van der Waals surface area contributed by atoms with E-state index in [0.29, 0.717) is 5.75 Å². The molecule has 1 aromatic rings. The van der Waals surface area contributed by atoms with Gasteiger partial charge in [0, 0.05) is 21.6 Å². The van der Waals surface area contributed by atoms with E-state index in [4.69, 9.17) is 0 Å². The Kier molecular flexibility index (Phi) is 4.29. The monoisotopic (exact) mass is 320 g/mol. The van der Waals surface area contributed by atoms with Crippen molar-refractivity contribution in [2.24, 2.45) is 0 Å². The highest BCUT2D eigenvalue weighted by Gasteiger charge is 2.28. The second-order valence-corrected chi connectivity index (χ2v) is 9.72. The number of phenols is 1. The van der Waals surface area contributed by atoms with Crippen molar-refractivity contribution in [1.29, 1.82) is 0 Å². The standard InChI is InChI=1S/C18H24OS2/c1-11-13(10-20-21-11)12-8-14(17(2,3)4)16(19)15(9-12)18(5,6)7/h8-10,19H,1H2,2-7H3. The lowest BCUT2D eigenvalue weighted by molar-refractivity contribution is 0.423. The molecule has 0 aromatic heterocycles. The van der Waals surface area contributed by atoms with E-state index in [2.05, 4.69) is 65.7 Å². The summed E-state index contributed by atoms with van der Waals surface area (Å²) in [5.74, 6) is 0.434. The third-order valence-corrected chi connectivity index (χ3v) is 5.68. The molecule has 0 saturated carbocycles. The van der Waals surface area contributed by atoms with Crippen molar-refractivity contribution < 1.29 is 5.11 Å². The van der Waals surface area contributed by atoms with Crippen LogP contribution in [0, 0.1) is 0 Å². The van der Waals surface area contributed by atoms with Crippen LogP contribution in [-0.2, 0) is 10.8 Å². The molecule has 0 unspecified atom stereocenters. The number of rotatable bonds is 1. The Bertz CT molecular complexity index is 578. The summed E-state index contributed by atoms with van der Waals surface area (Å²) in [5.41, 5.74) is 4.15. The molecule has 0 amide bonds. The number of phenolic OH excluding ortho intramolecular Hbond substituents is 1. The van der Waals surface area contributed by atoms with E-state index in [9.17, 15) is 5.11 Å². The molecule has 1 N–H and O–H groups in total. The van der Waals surface area contributed by atoms with E-state index in [1.54, 1.807) is 21.6 Å². The highest BCUT2D eigenvalue weighted by atomic mass is 33.1. The van der Waals surface area contributed by atoms with Gasteiger partial charge in [0.1, 0.15) is 5.75 Å². The smallest absolute Gasteiger partial charge is 0.123 e. The summed E-state index contributed by atoms with van der Waals surface area (Å²) in [5, 5.41) is 12.9. The van der Waals surface area contributed by atoms with Crippen LogP contribution >= 0.6 is 21.6 Å². The maximum atomic E-state index is 10.7. The van der Waals surface area contributed by atoms with Crippen LogP contribution in [0.25, 0.3) is 5.57 Å². The topological polar surface area (TPSA) is 20.2 Å². The normalized spacial score (nSPS) is 16.3. The minimum atomic E-state index is -0.0964. The fourth-order valence-electron chi connectivity index (χ4n) is 2.40. The van der Waals surface area contributed by atoms with Crippen LogP contribution in [0.1, 0.15) is 58.2 Å². The van der Waals surface area contributed by atoms with Crippen molar-refractivity contribution in [3.63, 3.8) is 0 Å². The van der Waals surface area contributed by atoms with Crippen LogP contribution < -0.4 is 0 Å². The summed E-state index contributed by atoms with van der Waals surface area (Å²) < 4.78 is 0. The van der Waals surface area contributed by atoms with Gasteiger partial charge in [-0.25, -0.2) is 0 Å². The molecule has 0 radical (unpaired) electrons. The summed E-state index contributed by atoms with van der Waals surface area (Å²) in [6, 6.07) is 4.24. The van der Waals surface area contributed by atoms with Gasteiger partial charge < -0.3 is 5.11 Å². The number of allylic oxidation sites excluding steroid dienone is 1. The third kappa shape index (κ3) is 3.35. The quantitative estimate of drug-likeness (QED) is 0.619. The maximum absolute atomic E-state index is 10.7. The Hall–Kier alpha value is -0.800. The van der Waals surface area contributed by atoms with Crippen molar-refractivity contribution in [1.82, 2.24) is 0 Å². The molecule has 1 aliphatic rings. The SMILES string of the molecule is C=C1SSC=C1c1cc(C(C)(C)C)c(O)c(C(C)(C)C)c1. The summed E-state index contributed by atoms with van der Waals surface area (Å²) in [4.78, 5) is 1.09. The molecule has 0 saturated heterocycles. The van der Waals surface area contributed by atoms with Gasteiger partial charge in [-0.2, -0.15) is 0 Å². The first-order valence-electron chi connectivity index (χ1n) is 7.13. The number of hydrogen-bond donors (Lipinski definition) is 1. The van der Waals surface area contributed by atoms with Crippen LogP contribution in [0.3, 0.4) is 0 Å². The van der Waals surface area contributed by atoms with Crippen LogP contribution in [0.2, 0.25) is 0 Å². The lowest BCUT2D eigenvalue weighted by Crippen LogP contribution is -2.17. The Labute approximate surface area is 136 Å². The van der Waals surface area contributed by atoms with Crippen molar-refractivity contribution in [3.8, 4) is 5.75 Å². The van der Waals surface area contributed by atoms with Crippen LogP contribution in [-0.4, -0.2) is 5.11 Å². The van der Waals surface area contributed by atoms with Gasteiger partial charge in [0.2, 0.25) is 0 Å². The Morgan fingerprint density at radius 3 is 1.76 bits per heavy atom. The molecule has 0 aliphatic carbocycles. The Balaban J connectivity index is 2.71. The van der Waals surface area contributed by atoms with Gasteiger partial charge in [0.15, 0.2) is 0 Å². The zero-order valence-electron chi connectivity index (χ0n) is 13.7. The molecule has 1 aliphatic heterocycles. The molecule has 1 aromatic carbocycles. The lowest BCUT2D eigenvalue weighted by Gasteiger charge is -2.28. The molecular formula is C18H24OS2. The first-order valence-corrected chi connectivity index (χ1v) is 9.34. The summed E-state index contributed by atoms with van der Waals surface area (Å²) in [6.07, 6.45) is 0. The van der Waals surface area contributed by atoms with Crippen molar-refractivity contribution in [2.45, 2.75) is 52.4 Å². The molecular weight excluding hydrogens is 296 g/mol. The third-order valence-electron chi connectivity index (χ3n) is 3.65. The van der Waals surface area contributed by atoms with Gasteiger partial charge in [0.05, 0.1) is 0 Å².